The topological polar surface area (TPSA) is 46.6 Å². The van der Waals surface area contributed by atoms with Crippen LogP contribution in [0.1, 0.15) is 37.0 Å². The van der Waals surface area contributed by atoms with Crippen LogP contribution in [0.25, 0.3) is 0 Å². The van der Waals surface area contributed by atoms with Gasteiger partial charge in [-0.15, -0.1) is 0 Å². The van der Waals surface area contributed by atoms with Crippen LogP contribution < -0.4 is 4.74 Å². The molecular formula is C16H19Br2NO3. The number of carbonyl (C=O) groups is 2. The van der Waals surface area contributed by atoms with Gasteiger partial charge in [0, 0.05) is 17.6 Å². The Kier molecular flexibility index (Phi) is 6.03. The Labute approximate surface area is 147 Å². The molecule has 6 heteroatoms. The number of Topliss-reactive ketones (excluding diaryl/α,β-unsaturated/α-hetero) is 1. The Hall–Kier alpha value is -0.880. The van der Waals surface area contributed by atoms with Crippen LogP contribution >= 0.6 is 31.9 Å². The van der Waals surface area contributed by atoms with E-state index in [-0.39, 0.29) is 18.3 Å². The molecule has 0 saturated carbocycles. The molecule has 0 aliphatic carbocycles. The van der Waals surface area contributed by atoms with E-state index in [1.54, 1.807) is 12.1 Å². The normalized spacial score (nSPS) is 18.2. The SMILES string of the molecule is CC(=O)c1cc(Br)cc(Br)c1OCC(=O)N1CCCC(C)C1. The van der Waals surface area contributed by atoms with Crippen LogP contribution in [0.5, 0.6) is 5.75 Å². The number of carbonyl (C=O) groups excluding carboxylic acids is 2. The fourth-order valence-electron chi connectivity index (χ4n) is 2.61. The van der Waals surface area contributed by atoms with E-state index in [9.17, 15) is 9.59 Å². The third-order valence-corrected chi connectivity index (χ3v) is 4.78. The van der Waals surface area contributed by atoms with Crippen molar-refractivity contribution < 1.29 is 14.3 Å². The minimum absolute atomic E-state index is 0.0316. The van der Waals surface area contributed by atoms with Gasteiger partial charge in [-0.2, -0.15) is 0 Å². The van der Waals surface area contributed by atoms with Crippen LogP contribution in [0.2, 0.25) is 0 Å². The summed E-state index contributed by atoms with van der Waals surface area (Å²) in [6, 6.07) is 3.51. The lowest BCUT2D eigenvalue weighted by molar-refractivity contribution is -0.135. The molecule has 0 aromatic heterocycles. The van der Waals surface area contributed by atoms with Crippen molar-refractivity contribution in [2.24, 2.45) is 5.92 Å². The van der Waals surface area contributed by atoms with E-state index in [1.165, 1.54) is 6.92 Å². The Morgan fingerprint density at radius 1 is 1.36 bits per heavy atom. The monoisotopic (exact) mass is 431 g/mol. The number of likely N-dealkylation sites (tertiary alicyclic amines) is 1. The van der Waals surface area contributed by atoms with E-state index in [1.807, 2.05) is 4.90 Å². The van der Waals surface area contributed by atoms with Gasteiger partial charge in [-0.05, 0) is 53.7 Å². The maximum absolute atomic E-state index is 12.3. The molecule has 1 saturated heterocycles. The number of nitrogens with zero attached hydrogens (tertiary/aromatic N) is 1. The quantitative estimate of drug-likeness (QED) is 0.674. The molecule has 1 aromatic carbocycles. The molecule has 1 aliphatic heterocycles. The molecule has 0 radical (unpaired) electrons. The Morgan fingerprint density at radius 3 is 2.73 bits per heavy atom. The van der Waals surface area contributed by atoms with Gasteiger partial charge in [0.15, 0.2) is 12.4 Å². The van der Waals surface area contributed by atoms with Crippen molar-refractivity contribution in [2.45, 2.75) is 26.7 Å². The van der Waals surface area contributed by atoms with Gasteiger partial charge >= 0.3 is 0 Å². The van der Waals surface area contributed by atoms with Crippen molar-refractivity contribution in [3.05, 3.63) is 26.6 Å². The summed E-state index contributed by atoms with van der Waals surface area (Å²) in [6.07, 6.45) is 2.20. The highest BCUT2D eigenvalue weighted by Gasteiger charge is 2.22. The molecule has 1 atom stereocenters. The predicted octanol–water partition coefficient (Wildman–Crippen LogP) is 4.05. The van der Waals surface area contributed by atoms with Crippen molar-refractivity contribution in [1.82, 2.24) is 4.90 Å². The second-order valence-electron chi connectivity index (χ2n) is 5.70. The number of piperidine rings is 1. The van der Waals surface area contributed by atoms with Crippen molar-refractivity contribution >= 4 is 43.6 Å². The van der Waals surface area contributed by atoms with Crippen molar-refractivity contribution in [3.63, 3.8) is 0 Å². The second-order valence-corrected chi connectivity index (χ2v) is 7.47. The van der Waals surface area contributed by atoms with Crippen LogP contribution in [-0.2, 0) is 4.79 Å². The van der Waals surface area contributed by atoms with Crippen molar-refractivity contribution in [3.8, 4) is 5.75 Å². The van der Waals surface area contributed by atoms with Crippen molar-refractivity contribution in [1.29, 1.82) is 0 Å². The van der Waals surface area contributed by atoms with Gasteiger partial charge in [0.2, 0.25) is 0 Å². The number of amides is 1. The summed E-state index contributed by atoms with van der Waals surface area (Å²) in [7, 11) is 0. The first-order chi connectivity index (χ1) is 10.4. The number of benzene rings is 1. The first-order valence-electron chi connectivity index (χ1n) is 7.29. The molecule has 1 amide bonds. The number of rotatable bonds is 4. The zero-order valence-corrected chi connectivity index (χ0v) is 15.9. The molecule has 0 spiro atoms. The van der Waals surface area contributed by atoms with Gasteiger partial charge in [0.05, 0.1) is 10.0 Å². The largest absolute Gasteiger partial charge is 0.482 e. The van der Waals surface area contributed by atoms with E-state index in [4.69, 9.17) is 4.74 Å². The minimum atomic E-state index is -0.101. The van der Waals surface area contributed by atoms with E-state index < -0.39 is 0 Å². The lowest BCUT2D eigenvalue weighted by Gasteiger charge is -2.31. The molecule has 0 N–H and O–H groups in total. The summed E-state index contributed by atoms with van der Waals surface area (Å²) < 4.78 is 7.10. The number of ether oxygens (including phenoxy) is 1. The molecule has 22 heavy (non-hydrogen) atoms. The van der Waals surface area contributed by atoms with Gasteiger partial charge in [-0.1, -0.05) is 22.9 Å². The maximum Gasteiger partial charge on any atom is 0.260 e. The molecule has 120 valence electrons. The predicted molar refractivity (Wildman–Crippen MR) is 92.3 cm³/mol. The molecule has 1 unspecified atom stereocenters. The smallest absolute Gasteiger partial charge is 0.260 e. The molecule has 1 aliphatic rings. The number of ketones is 1. The third kappa shape index (κ3) is 4.32. The number of hydrogen-bond acceptors (Lipinski definition) is 3. The van der Waals surface area contributed by atoms with Gasteiger partial charge in [-0.3, -0.25) is 9.59 Å². The highest BCUT2D eigenvalue weighted by Crippen LogP contribution is 2.33. The van der Waals surface area contributed by atoms with E-state index in [2.05, 4.69) is 38.8 Å². The van der Waals surface area contributed by atoms with E-state index in [0.717, 1.165) is 30.4 Å². The zero-order chi connectivity index (χ0) is 16.3. The molecule has 1 aromatic rings. The van der Waals surface area contributed by atoms with Gasteiger partial charge in [0.25, 0.3) is 5.91 Å². The Balaban J connectivity index is 2.08. The molecule has 1 fully saturated rings. The summed E-state index contributed by atoms with van der Waals surface area (Å²) in [6.45, 7) is 5.15. The lowest BCUT2D eigenvalue weighted by atomic mass is 10.0. The van der Waals surface area contributed by atoms with Gasteiger partial charge in [0.1, 0.15) is 5.75 Å². The standard InChI is InChI=1S/C16H19Br2NO3/c1-10-4-3-5-19(8-10)15(21)9-22-16-13(11(2)20)6-12(17)7-14(16)18/h6-7,10H,3-5,8-9H2,1-2H3. The fraction of sp³-hybridized carbons (Fsp3) is 0.500. The highest BCUT2D eigenvalue weighted by molar-refractivity contribution is 9.11. The first-order valence-corrected chi connectivity index (χ1v) is 8.87. The molecular weight excluding hydrogens is 414 g/mol. The average molecular weight is 433 g/mol. The Bertz CT molecular complexity index is 589. The van der Waals surface area contributed by atoms with Crippen molar-refractivity contribution in [2.75, 3.05) is 19.7 Å². The summed E-state index contributed by atoms with van der Waals surface area (Å²) in [5.41, 5.74) is 0.459. The Morgan fingerprint density at radius 2 is 2.09 bits per heavy atom. The summed E-state index contributed by atoms with van der Waals surface area (Å²) in [5, 5.41) is 0. The maximum atomic E-state index is 12.3. The second kappa shape index (κ2) is 7.59. The minimum Gasteiger partial charge on any atom is -0.482 e. The summed E-state index contributed by atoms with van der Waals surface area (Å²) in [5.74, 6) is 0.825. The lowest BCUT2D eigenvalue weighted by Crippen LogP contribution is -2.41. The summed E-state index contributed by atoms with van der Waals surface area (Å²) in [4.78, 5) is 25.9. The van der Waals surface area contributed by atoms with E-state index in [0.29, 0.717) is 21.7 Å². The number of halogens is 2. The van der Waals surface area contributed by atoms with Crippen LogP contribution in [0, 0.1) is 5.92 Å². The summed E-state index contributed by atoms with van der Waals surface area (Å²) >= 11 is 6.74. The number of hydrogen-bond donors (Lipinski definition) is 0. The van der Waals surface area contributed by atoms with Crippen LogP contribution in [0.4, 0.5) is 0 Å². The van der Waals surface area contributed by atoms with Crippen LogP contribution in [0.15, 0.2) is 21.1 Å². The first kappa shape index (κ1) is 17.5. The zero-order valence-electron chi connectivity index (χ0n) is 12.7. The third-order valence-electron chi connectivity index (χ3n) is 3.74. The average Bonchev–Trinajstić information content (AvgIpc) is 2.45. The van der Waals surface area contributed by atoms with Crippen LogP contribution in [0.3, 0.4) is 0 Å². The van der Waals surface area contributed by atoms with E-state index >= 15 is 0 Å². The molecule has 1 heterocycles. The fourth-order valence-corrected chi connectivity index (χ4v) is 3.95. The molecule has 4 nitrogen and oxygen atoms in total. The van der Waals surface area contributed by atoms with Gasteiger partial charge in [-0.25, -0.2) is 0 Å². The van der Waals surface area contributed by atoms with Gasteiger partial charge < -0.3 is 9.64 Å². The molecule has 0 bridgehead atoms. The van der Waals surface area contributed by atoms with Crippen LogP contribution in [-0.4, -0.2) is 36.3 Å². The highest BCUT2D eigenvalue weighted by atomic mass is 79.9. The molecule has 2 rings (SSSR count).